The average molecular weight is 300 g/mol. The maximum Gasteiger partial charge on any atom is 0.236 e. The van der Waals surface area contributed by atoms with Crippen molar-refractivity contribution in [3.05, 3.63) is 40.3 Å². The Hall–Kier alpha value is -0.840. The molecule has 1 heterocycles. The van der Waals surface area contributed by atoms with Gasteiger partial charge in [-0.25, -0.2) is 8.42 Å². The van der Waals surface area contributed by atoms with Crippen molar-refractivity contribution < 1.29 is 8.42 Å². The molecule has 19 heavy (non-hydrogen) atoms. The summed E-state index contributed by atoms with van der Waals surface area (Å²) in [6, 6.07) is 7.19. The van der Waals surface area contributed by atoms with Crippen molar-refractivity contribution >= 4 is 27.7 Å². The number of hydrogen-bond donors (Lipinski definition) is 0. The molecule has 0 radical (unpaired) electrons. The molecule has 1 aromatic carbocycles. The van der Waals surface area contributed by atoms with E-state index in [0.29, 0.717) is 11.6 Å². The van der Waals surface area contributed by atoms with Gasteiger partial charge in [-0.05, 0) is 43.5 Å². The first-order chi connectivity index (χ1) is 8.99. The van der Waals surface area contributed by atoms with Gasteiger partial charge in [-0.15, -0.1) is 0 Å². The van der Waals surface area contributed by atoms with Crippen LogP contribution in [0.15, 0.2) is 29.7 Å². The van der Waals surface area contributed by atoms with E-state index in [2.05, 4.69) is 0 Å². The minimum atomic E-state index is -3.32. The van der Waals surface area contributed by atoms with Crippen molar-refractivity contribution in [2.75, 3.05) is 6.54 Å². The fourth-order valence-corrected chi connectivity index (χ4v) is 3.87. The van der Waals surface area contributed by atoms with Gasteiger partial charge in [0.2, 0.25) is 10.0 Å². The summed E-state index contributed by atoms with van der Waals surface area (Å²) in [6.07, 6.45) is 4.60. The summed E-state index contributed by atoms with van der Waals surface area (Å²) in [5, 5.41) is 1.93. The first kappa shape index (κ1) is 14.6. The predicted octanol–water partition coefficient (Wildman–Crippen LogP) is 3.51. The highest BCUT2D eigenvalue weighted by Gasteiger charge is 2.27. The summed E-state index contributed by atoms with van der Waals surface area (Å²) < 4.78 is 26.1. The average Bonchev–Trinajstić information content (AvgIpc) is 2.38. The van der Waals surface area contributed by atoms with Crippen LogP contribution in [0.25, 0.3) is 6.08 Å². The van der Waals surface area contributed by atoms with Crippen LogP contribution in [0.4, 0.5) is 0 Å². The summed E-state index contributed by atoms with van der Waals surface area (Å²) >= 11 is 5.79. The third-order valence-electron chi connectivity index (χ3n) is 3.37. The second kappa shape index (κ2) is 6.07. The molecule has 0 N–H and O–H groups in total. The van der Waals surface area contributed by atoms with Crippen molar-refractivity contribution in [2.24, 2.45) is 0 Å². The Labute approximate surface area is 119 Å². The molecule has 0 amide bonds. The standard InChI is InChI=1S/C14H18ClNO2S/c1-12-4-2-3-10-16(12)19(17,18)11-9-13-5-7-14(15)8-6-13/h5-9,11-12H,2-4,10H2,1H3/b11-9+/t12-/m1/s1. The van der Waals surface area contributed by atoms with Crippen LogP contribution in [0, 0.1) is 0 Å². The van der Waals surface area contributed by atoms with Crippen molar-refractivity contribution in [1.82, 2.24) is 4.31 Å². The van der Waals surface area contributed by atoms with Crippen molar-refractivity contribution in [2.45, 2.75) is 32.2 Å². The van der Waals surface area contributed by atoms with E-state index in [1.807, 2.05) is 6.92 Å². The van der Waals surface area contributed by atoms with Gasteiger partial charge in [-0.3, -0.25) is 0 Å². The highest BCUT2D eigenvalue weighted by Crippen LogP contribution is 2.21. The van der Waals surface area contributed by atoms with Crippen LogP contribution < -0.4 is 0 Å². The Balaban J connectivity index is 2.14. The van der Waals surface area contributed by atoms with E-state index in [1.54, 1.807) is 34.6 Å². The van der Waals surface area contributed by atoms with Crippen LogP contribution in [0.2, 0.25) is 5.02 Å². The number of halogens is 1. The molecule has 1 aliphatic rings. The number of benzene rings is 1. The quantitative estimate of drug-likeness (QED) is 0.856. The fourth-order valence-electron chi connectivity index (χ4n) is 2.27. The summed E-state index contributed by atoms with van der Waals surface area (Å²) in [7, 11) is -3.32. The largest absolute Gasteiger partial charge is 0.236 e. The third kappa shape index (κ3) is 3.81. The molecular formula is C14H18ClNO2S. The van der Waals surface area contributed by atoms with Gasteiger partial charge in [0.15, 0.2) is 0 Å². The van der Waals surface area contributed by atoms with Gasteiger partial charge < -0.3 is 0 Å². The lowest BCUT2D eigenvalue weighted by molar-refractivity contribution is 0.271. The van der Waals surface area contributed by atoms with Gasteiger partial charge in [0, 0.05) is 23.0 Å². The monoisotopic (exact) mass is 299 g/mol. The topological polar surface area (TPSA) is 37.4 Å². The molecule has 0 unspecified atom stereocenters. The second-order valence-electron chi connectivity index (χ2n) is 4.85. The molecule has 1 saturated heterocycles. The van der Waals surface area contributed by atoms with E-state index in [9.17, 15) is 8.42 Å². The molecule has 1 fully saturated rings. The highest BCUT2D eigenvalue weighted by molar-refractivity contribution is 7.92. The molecule has 2 rings (SSSR count). The minimum Gasteiger partial charge on any atom is -0.207 e. The Morgan fingerprint density at radius 2 is 1.95 bits per heavy atom. The summed E-state index contributed by atoms with van der Waals surface area (Å²) in [6.45, 7) is 2.58. The molecule has 0 spiro atoms. The molecule has 1 aliphatic heterocycles. The van der Waals surface area contributed by atoms with E-state index >= 15 is 0 Å². The zero-order chi connectivity index (χ0) is 13.9. The lowest BCUT2D eigenvalue weighted by Crippen LogP contribution is -2.40. The van der Waals surface area contributed by atoms with Gasteiger partial charge in [0.1, 0.15) is 0 Å². The molecule has 1 aromatic rings. The molecule has 0 aliphatic carbocycles. The van der Waals surface area contributed by atoms with Crippen molar-refractivity contribution in [1.29, 1.82) is 0 Å². The van der Waals surface area contributed by atoms with Gasteiger partial charge >= 0.3 is 0 Å². The lowest BCUT2D eigenvalue weighted by atomic mass is 10.1. The maximum absolute atomic E-state index is 12.2. The van der Waals surface area contributed by atoms with Crippen molar-refractivity contribution in [3.63, 3.8) is 0 Å². The first-order valence-corrected chi connectivity index (χ1v) is 8.33. The molecule has 104 valence electrons. The number of rotatable bonds is 3. The van der Waals surface area contributed by atoms with E-state index in [1.165, 1.54) is 5.41 Å². The van der Waals surface area contributed by atoms with Crippen LogP contribution in [0.5, 0.6) is 0 Å². The molecule has 0 aromatic heterocycles. The third-order valence-corrected chi connectivity index (χ3v) is 5.30. The van der Waals surface area contributed by atoms with E-state index in [-0.39, 0.29) is 6.04 Å². The Kier molecular flexibility index (Phi) is 4.66. The first-order valence-electron chi connectivity index (χ1n) is 6.44. The van der Waals surface area contributed by atoms with Crippen LogP contribution >= 0.6 is 11.6 Å². The van der Waals surface area contributed by atoms with E-state index in [0.717, 1.165) is 24.8 Å². The molecule has 3 nitrogen and oxygen atoms in total. The summed E-state index contributed by atoms with van der Waals surface area (Å²) in [5.74, 6) is 0. The predicted molar refractivity (Wildman–Crippen MR) is 79.4 cm³/mol. The lowest BCUT2D eigenvalue weighted by Gasteiger charge is -2.31. The Morgan fingerprint density at radius 1 is 1.26 bits per heavy atom. The zero-order valence-corrected chi connectivity index (χ0v) is 12.5. The smallest absolute Gasteiger partial charge is 0.207 e. The minimum absolute atomic E-state index is 0.0913. The van der Waals surface area contributed by atoms with Gasteiger partial charge in [0.05, 0.1) is 0 Å². The van der Waals surface area contributed by atoms with Gasteiger partial charge in [-0.1, -0.05) is 30.2 Å². The van der Waals surface area contributed by atoms with Crippen LogP contribution in [0.3, 0.4) is 0 Å². The molecule has 1 atom stereocenters. The van der Waals surface area contributed by atoms with Gasteiger partial charge in [-0.2, -0.15) is 4.31 Å². The number of piperidine rings is 1. The Bertz CT molecular complexity index is 551. The molecule has 0 saturated carbocycles. The van der Waals surface area contributed by atoms with Crippen LogP contribution in [-0.4, -0.2) is 25.3 Å². The summed E-state index contributed by atoms with van der Waals surface area (Å²) in [4.78, 5) is 0. The van der Waals surface area contributed by atoms with E-state index in [4.69, 9.17) is 11.6 Å². The normalized spacial score (nSPS) is 21.9. The zero-order valence-electron chi connectivity index (χ0n) is 10.9. The van der Waals surface area contributed by atoms with Crippen LogP contribution in [0.1, 0.15) is 31.7 Å². The Morgan fingerprint density at radius 3 is 2.58 bits per heavy atom. The second-order valence-corrected chi connectivity index (χ2v) is 7.06. The SMILES string of the molecule is C[C@@H]1CCCCN1S(=O)(=O)/C=C/c1ccc(Cl)cc1. The fraction of sp³-hybridized carbons (Fsp3) is 0.429. The molecular weight excluding hydrogens is 282 g/mol. The summed E-state index contributed by atoms with van der Waals surface area (Å²) in [5.41, 5.74) is 0.831. The number of nitrogens with zero attached hydrogens (tertiary/aromatic N) is 1. The van der Waals surface area contributed by atoms with Crippen molar-refractivity contribution in [3.8, 4) is 0 Å². The highest BCUT2D eigenvalue weighted by atomic mass is 35.5. The van der Waals surface area contributed by atoms with Gasteiger partial charge in [0.25, 0.3) is 0 Å². The maximum atomic E-state index is 12.2. The van der Waals surface area contributed by atoms with Crippen LogP contribution in [-0.2, 0) is 10.0 Å². The molecule has 5 heteroatoms. The van der Waals surface area contributed by atoms with E-state index < -0.39 is 10.0 Å². The molecule has 0 bridgehead atoms. The number of sulfonamides is 1. The number of hydrogen-bond acceptors (Lipinski definition) is 2.